The predicted octanol–water partition coefficient (Wildman–Crippen LogP) is 23.4. The minimum atomic E-state index is 1.18. The largest absolute Gasteiger partial charge is 0.0984 e. The third-order valence-electron chi connectivity index (χ3n) is 18.2. The average Bonchev–Trinajstić information content (AvgIpc) is 2.17. The lowest BCUT2D eigenvalue weighted by molar-refractivity contribution is 1.62. The summed E-state index contributed by atoms with van der Waals surface area (Å²) in [6.07, 6.45) is 6.50. The van der Waals surface area contributed by atoms with E-state index in [1.54, 1.807) is 0 Å². The minimum absolute atomic E-state index is 1.18. The molecule has 0 N–H and O–H groups in total. The number of hydrogen-bond donors (Lipinski definition) is 0. The Morgan fingerprint density at radius 3 is 1.16 bits per heavy atom. The standard InChI is InChI=1S/C83H52/c1-3-19-63-60(4-2)80-61(52-24-13-7-14-25-52)38-40-68-76-46-70(72-44-56(50-20-9-5-10-21-50)34-36-65(72)74(76)48-78(63)82(68)80)58-32-30-55-43-59(33-31-54(55)42-58)71-47-77-69-41-39-62(53-26-15-8-16-27-53)81-67-29-18-17-28-64(67)79(83(69)81)49-75(77)66-37-35-57(45-73(66)71)51-22-11-6-12-23-51/h3-49H,2H2,1H3/b19-3-. The first-order chi connectivity index (χ1) is 41.1. The van der Waals surface area contributed by atoms with Crippen LogP contribution in [0.5, 0.6) is 0 Å². The molecule has 0 nitrogen and oxygen atoms in total. The molecule has 0 aliphatic heterocycles. The fourth-order valence-corrected chi connectivity index (χ4v) is 14.5. The van der Waals surface area contributed by atoms with Crippen LogP contribution in [0.4, 0.5) is 0 Å². The lowest BCUT2D eigenvalue weighted by Gasteiger charge is -2.18. The van der Waals surface area contributed by atoms with Crippen molar-refractivity contribution in [2.24, 2.45) is 0 Å². The van der Waals surface area contributed by atoms with Crippen molar-refractivity contribution in [2.75, 3.05) is 0 Å². The van der Waals surface area contributed by atoms with Gasteiger partial charge in [-0.2, -0.15) is 0 Å². The smallest absolute Gasteiger partial charge is 0.00137 e. The van der Waals surface area contributed by atoms with E-state index < -0.39 is 0 Å². The molecule has 2 aliphatic carbocycles. The van der Waals surface area contributed by atoms with E-state index in [4.69, 9.17) is 0 Å². The van der Waals surface area contributed by atoms with Crippen LogP contribution >= 0.6 is 0 Å². The summed E-state index contributed by atoms with van der Waals surface area (Å²) in [5.41, 5.74) is 24.8. The van der Waals surface area contributed by atoms with Crippen molar-refractivity contribution in [1.29, 1.82) is 0 Å². The van der Waals surface area contributed by atoms with E-state index in [0.29, 0.717) is 0 Å². The van der Waals surface area contributed by atoms with Crippen molar-refractivity contribution < 1.29 is 0 Å². The van der Waals surface area contributed by atoms with Crippen molar-refractivity contribution in [1.82, 2.24) is 0 Å². The van der Waals surface area contributed by atoms with Crippen LogP contribution in [0.1, 0.15) is 18.1 Å². The number of allylic oxidation sites excluding steroid dienone is 5. The highest BCUT2D eigenvalue weighted by Gasteiger charge is 2.29. The highest BCUT2D eigenvalue weighted by Crippen LogP contribution is 2.55. The second-order valence-electron chi connectivity index (χ2n) is 22.5. The van der Waals surface area contributed by atoms with Gasteiger partial charge >= 0.3 is 0 Å². The van der Waals surface area contributed by atoms with E-state index in [2.05, 4.69) is 299 Å². The molecule has 0 atom stereocenters. The summed E-state index contributed by atoms with van der Waals surface area (Å²) in [5.74, 6) is 0. The molecular weight excluding hydrogens is 997 g/mol. The van der Waals surface area contributed by atoms with Gasteiger partial charge in [-0.15, -0.1) is 0 Å². The Morgan fingerprint density at radius 1 is 0.241 bits per heavy atom. The maximum absolute atomic E-state index is 4.42. The van der Waals surface area contributed by atoms with Crippen molar-refractivity contribution in [3.63, 3.8) is 0 Å². The molecule has 0 amide bonds. The summed E-state index contributed by atoms with van der Waals surface area (Å²) >= 11 is 0. The Kier molecular flexibility index (Phi) is 10.5. The Labute approximate surface area is 482 Å². The van der Waals surface area contributed by atoms with Gasteiger partial charge in [0.15, 0.2) is 0 Å². The fourth-order valence-electron chi connectivity index (χ4n) is 14.5. The third kappa shape index (κ3) is 7.13. The first kappa shape index (κ1) is 47.2. The van der Waals surface area contributed by atoms with E-state index >= 15 is 0 Å². The average molecular weight is 1050 g/mol. The second-order valence-corrected chi connectivity index (χ2v) is 22.5. The number of fused-ring (bicyclic) bond motifs is 12. The Morgan fingerprint density at radius 2 is 0.651 bits per heavy atom. The van der Waals surface area contributed by atoms with Gasteiger partial charge in [-0.3, -0.25) is 0 Å². The van der Waals surface area contributed by atoms with Crippen LogP contribution in [-0.2, 0) is 0 Å². The normalized spacial score (nSPS) is 12.6. The van der Waals surface area contributed by atoms with Crippen LogP contribution in [0, 0.1) is 0 Å². The first-order valence-electron chi connectivity index (χ1n) is 28.9. The molecule has 15 aromatic carbocycles. The molecule has 17 rings (SSSR count). The fraction of sp³-hybridized carbons (Fsp3) is 0.0120. The number of hydrogen-bond acceptors (Lipinski definition) is 0. The summed E-state index contributed by atoms with van der Waals surface area (Å²) in [6, 6.07) is 100. The highest BCUT2D eigenvalue weighted by molar-refractivity contribution is 6.32. The van der Waals surface area contributed by atoms with E-state index in [0.717, 1.165) is 0 Å². The van der Waals surface area contributed by atoms with E-state index in [-0.39, 0.29) is 0 Å². The van der Waals surface area contributed by atoms with Crippen LogP contribution in [0.15, 0.2) is 292 Å². The molecule has 83 heavy (non-hydrogen) atoms. The molecule has 15 aromatic rings. The number of rotatable bonds is 8. The topological polar surface area (TPSA) is 0 Å². The van der Waals surface area contributed by atoms with Gasteiger partial charge in [-0.1, -0.05) is 243 Å². The SMILES string of the molecule is C=CC1=C(/C=C\C)c2cc3c4ccc(-c5ccccc5)cc4c(-c4ccc5cc(-c6cc7c8ccc(-c9ccccc9)c9c8c(cc7c7ccc(-c8ccccc8)cc67)-c6ccccc6-9)ccc5c4)cc3c3ccc(-c4ccccc4)c1c23. The van der Waals surface area contributed by atoms with Crippen LogP contribution in [-0.4, -0.2) is 0 Å². The number of benzene rings is 15. The van der Waals surface area contributed by atoms with Gasteiger partial charge in [0.05, 0.1) is 0 Å². The molecule has 0 saturated carbocycles. The molecule has 2 aliphatic rings. The van der Waals surface area contributed by atoms with Crippen molar-refractivity contribution >= 4 is 86.6 Å². The molecule has 0 heterocycles. The van der Waals surface area contributed by atoms with E-state index in [9.17, 15) is 0 Å². The maximum atomic E-state index is 4.42. The molecule has 0 unspecified atom stereocenters. The quantitative estimate of drug-likeness (QED) is 0.133. The Bertz CT molecular complexity index is 5350. The maximum Gasteiger partial charge on any atom is -0.00137 e. The van der Waals surface area contributed by atoms with Crippen molar-refractivity contribution in [3.8, 4) is 89.0 Å². The lowest BCUT2D eigenvalue weighted by Crippen LogP contribution is -1.92. The Balaban J connectivity index is 0.881. The van der Waals surface area contributed by atoms with Gasteiger partial charge in [-0.05, 0) is 242 Å². The molecule has 0 radical (unpaired) electrons. The van der Waals surface area contributed by atoms with Gasteiger partial charge in [0.1, 0.15) is 0 Å². The molecule has 0 heteroatoms. The molecule has 0 saturated heterocycles. The van der Waals surface area contributed by atoms with Crippen LogP contribution in [0.2, 0.25) is 0 Å². The zero-order valence-corrected chi connectivity index (χ0v) is 45.8. The molecule has 0 bridgehead atoms. The molecule has 0 spiro atoms. The molecule has 0 fully saturated rings. The predicted molar refractivity (Wildman–Crippen MR) is 358 cm³/mol. The molecule has 0 aromatic heterocycles. The van der Waals surface area contributed by atoms with Crippen LogP contribution in [0.25, 0.3) is 176 Å². The Hall–Kier alpha value is -10.7. The van der Waals surface area contributed by atoms with Crippen molar-refractivity contribution in [2.45, 2.75) is 6.92 Å². The summed E-state index contributed by atoms with van der Waals surface area (Å²) in [5, 5.41) is 17.6. The van der Waals surface area contributed by atoms with Gasteiger partial charge in [0, 0.05) is 0 Å². The minimum Gasteiger partial charge on any atom is -0.0984 e. The van der Waals surface area contributed by atoms with Gasteiger partial charge < -0.3 is 0 Å². The molecular formula is C83H52. The second kappa shape index (κ2) is 18.4. The monoisotopic (exact) mass is 1050 g/mol. The summed E-state index contributed by atoms with van der Waals surface area (Å²) < 4.78 is 0. The van der Waals surface area contributed by atoms with Gasteiger partial charge in [0.25, 0.3) is 0 Å². The zero-order valence-electron chi connectivity index (χ0n) is 45.8. The first-order valence-corrected chi connectivity index (χ1v) is 28.9. The lowest BCUT2D eigenvalue weighted by atomic mass is 9.85. The zero-order chi connectivity index (χ0) is 54.9. The van der Waals surface area contributed by atoms with Gasteiger partial charge in [0.2, 0.25) is 0 Å². The van der Waals surface area contributed by atoms with E-state index in [1.807, 2.05) is 0 Å². The van der Waals surface area contributed by atoms with Crippen LogP contribution in [0.3, 0.4) is 0 Å². The van der Waals surface area contributed by atoms with Gasteiger partial charge in [-0.25, -0.2) is 0 Å². The van der Waals surface area contributed by atoms with Crippen molar-refractivity contribution in [3.05, 3.63) is 303 Å². The molecule has 384 valence electrons. The summed E-state index contributed by atoms with van der Waals surface area (Å²) in [4.78, 5) is 0. The third-order valence-corrected chi connectivity index (χ3v) is 18.2. The van der Waals surface area contributed by atoms with E-state index in [1.165, 1.54) is 187 Å². The summed E-state index contributed by atoms with van der Waals surface area (Å²) in [7, 11) is 0. The van der Waals surface area contributed by atoms with Crippen LogP contribution < -0.4 is 0 Å². The summed E-state index contributed by atoms with van der Waals surface area (Å²) in [6.45, 7) is 6.54. The highest BCUT2D eigenvalue weighted by atomic mass is 14.3.